The van der Waals surface area contributed by atoms with Gasteiger partial charge in [0.2, 0.25) is 11.8 Å². The maximum atomic E-state index is 14.4. The molecule has 4 rings (SSSR count). The number of amides is 3. The smallest absolute Gasteiger partial charge is 0.407 e. The van der Waals surface area contributed by atoms with E-state index in [2.05, 4.69) is 20.4 Å². The molecule has 230 valence electrons. The summed E-state index contributed by atoms with van der Waals surface area (Å²) < 4.78 is 53.1. The Bertz CT molecular complexity index is 1780. The number of nitrogens with two attached hydrogens (primary N) is 1. The number of allylic oxidation sites excluding steroid dienone is 1. The summed E-state index contributed by atoms with van der Waals surface area (Å²) in [5.41, 5.74) is 5.37. The molecule has 0 saturated carbocycles. The standard InChI is InChI=1S/C30H28F3N5O6/c1-43-30(42)37-23(5-2-3-7-26(34)39)28(40)36-24-6-4-10-38(29(24)41)15-21-12-18-11-20(32)14-25(27(18)35-21)44-16-17-8-9-19(31)13-22(17)33/h3-4,6-14,23,35H,2,5,15-16H2,1H3,(H2,34,39)(H,36,40)(H,37,42). The van der Waals surface area contributed by atoms with Crippen molar-refractivity contribution in [3.63, 3.8) is 0 Å². The van der Waals surface area contributed by atoms with E-state index in [1.165, 1.54) is 41.1 Å². The highest BCUT2D eigenvalue weighted by Gasteiger charge is 2.22. The van der Waals surface area contributed by atoms with E-state index in [1.807, 2.05) is 0 Å². The highest BCUT2D eigenvalue weighted by molar-refractivity contribution is 5.96. The number of H-pyrrole nitrogens is 1. The Hall–Kier alpha value is -5.53. The van der Waals surface area contributed by atoms with Crippen LogP contribution in [0, 0.1) is 17.5 Å². The van der Waals surface area contributed by atoms with Crippen molar-refractivity contribution in [3.05, 3.63) is 106 Å². The van der Waals surface area contributed by atoms with Crippen molar-refractivity contribution in [2.75, 3.05) is 12.4 Å². The van der Waals surface area contributed by atoms with Crippen molar-refractivity contribution in [1.29, 1.82) is 0 Å². The third kappa shape index (κ3) is 8.06. The summed E-state index contributed by atoms with van der Waals surface area (Å²) in [7, 11) is 1.13. The van der Waals surface area contributed by atoms with Gasteiger partial charge < -0.3 is 35.4 Å². The van der Waals surface area contributed by atoms with Crippen molar-refractivity contribution >= 4 is 34.5 Å². The van der Waals surface area contributed by atoms with Gasteiger partial charge >= 0.3 is 6.09 Å². The van der Waals surface area contributed by atoms with E-state index in [0.29, 0.717) is 16.6 Å². The molecule has 2 aromatic carbocycles. The van der Waals surface area contributed by atoms with Gasteiger partial charge in [0.1, 0.15) is 41.5 Å². The number of benzene rings is 2. The lowest BCUT2D eigenvalue weighted by atomic mass is 10.1. The van der Waals surface area contributed by atoms with Gasteiger partial charge in [0, 0.05) is 35.0 Å². The largest absolute Gasteiger partial charge is 0.486 e. The summed E-state index contributed by atoms with van der Waals surface area (Å²) in [5, 5.41) is 5.31. The second kappa shape index (κ2) is 14.1. The van der Waals surface area contributed by atoms with Gasteiger partial charge in [-0.25, -0.2) is 18.0 Å². The number of alkyl carbamates (subject to hydrolysis) is 1. The summed E-state index contributed by atoms with van der Waals surface area (Å²) in [6.45, 7) is -0.292. The highest BCUT2D eigenvalue weighted by atomic mass is 19.1. The second-order valence-electron chi connectivity index (χ2n) is 9.60. The molecule has 0 radical (unpaired) electrons. The fourth-order valence-electron chi connectivity index (χ4n) is 4.32. The van der Waals surface area contributed by atoms with E-state index in [9.17, 15) is 32.3 Å². The van der Waals surface area contributed by atoms with Gasteiger partial charge in [0.15, 0.2) is 0 Å². The maximum Gasteiger partial charge on any atom is 0.407 e. The summed E-state index contributed by atoms with van der Waals surface area (Å²) in [5.74, 6) is -3.43. The van der Waals surface area contributed by atoms with Crippen LogP contribution < -0.4 is 26.7 Å². The Morgan fingerprint density at radius 3 is 2.61 bits per heavy atom. The average molecular weight is 612 g/mol. The third-order valence-corrected chi connectivity index (χ3v) is 6.43. The molecule has 3 amide bonds. The van der Waals surface area contributed by atoms with Crippen LogP contribution in [0.1, 0.15) is 24.1 Å². The SMILES string of the molecule is COC(=O)NC(CCC=CC(N)=O)C(=O)Nc1cccn(Cc2cc3cc(F)cc(OCc4ccc(F)cc4F)c3[nH]2)c1=O. The molecular weight excluding hydrogens is 583 g/mol. The van der Waals surface area contributed by atoms with Crippen LogP contribution in [0.2, 0.25) is 0 Å². The number of aromatic amines is 1. The topological polar surface area (TPSA) is 158 Å². The number of nitrogens with one attached hydrogen (secondary N) is 3. The quantitative estimate of drug-likeness (QED) is 0.178. The third-order valence-electron chi connectivity index (χ3n) is 6.43. The van der Waals surface area contributed by atoms with Crippen LogP contribution in [-0.2, 0) is 27.5 Å². The number of methoxy groups -OCH3 is 1. The van der Waals surface area contributed by atoms with E-state index in [-0.39, 0.29) is 43.0 Å². The lowest BCUT2D eigenvalue weighted by molar-refractivity contribution is -0.118. The van der Waals surface area contributed by atoms with E-state index in [1.54, 1.807) is 6.07 Å². The molecule has 2 heterocycles. The molecule has 0 aliphatic rings. The first kappa shape index (κ1) is 31.4. The lowest BCUT2D eigenvalue weighted by Gasteiger charge is -2.17. The molecule has 14 heteroatoms. The van der Waals surface area contributed by atoms with Crippen LogP contribution in [-0.4, -0.2) is 40.6 Å². The number of rotatable bonds is 12. The highest BCUT2D eigenvalue weighted by Crippen LogP contribution is 2.29. The number of ether oxygens (including phenoxy) is 2. The van der Waals surface area contributed by atoms with Crippen molar-refractivity contribution in [1.82, 2.24) is 14.9 Å². The Balaban J connectivity index is 1.51. The predicted octanol–water partition coefficient (Wildman–Crippen LogP) is 3.86. The first-order valence-corrected chi connectivity index (χ1v) is 13.2. The number of pyridine rings is 1. The van der Waals surface area contributed by atoms with Crippen LogP contribution in [0.5, 0.6) is 5.75 Å². The molecule has 0 aliphatic carbocycles. The lowest BCUT2D eigenvalue weighted by Crippen LogP contribution is -2.44. The molecule has 0 spiro atoms. The number of aromatic nitrogens is 2. The average Bonchev–Trinajstić information content (AvgIpc) is 3.38. The normalized spacial score (nSPS) is 11.8. The molecule has 2 aromatic heterocycles. The Morgan fingerprint density at radius 1 is 1.09 bits per heavy atom. The summed E-state index contributed by atoms with van der Waals surface area (Å²) in [6.07, 6.45) is 3.49. The van der Waals surface area contributed by atoms with Crippen molar-refractivity contribution in [2.45, 2.75) is 32.0 Å². The number of anilines is 1. The minimum atomic E-state index is -1.10. The van der Waals surface area contributed by atoms with Gasteiger partial charge in [-0.1, -0.05) is 6.08 Å². The number of hydrogen-bond acceptors (Lipinski definition) is 6. The molecule has 4 aromatic rings. The van der Waals surface area contributed by atoms with E-state index in [0.717, 1.165) is 31.4 Å². The summed E-state index contributed by atoms with van der Waals surface area (Å²) >= 11 is 0. The fourth-order valence-corrected chi connectivity index (χ4v) is 4.32. The number of halogens is 3. The molecule has 0 fully saturated rings. The van der Waals surface area contributed by atoms with Crippen LogP contribution in [0.3, 0.4) is 0 Å². The summed E-state index contributed by atoms with van der Waals surface area (Å²) in [4.78, 5) is 51.9. The Labute approximate surface area is 248 Å². The molecule has 11 nitrogen and oxygen atoms in total. The monoisotopic (exact) mass is 611 g/mol. The van der Waals surface area contributed by atoms with Gasteiger partial charge in [-0.2, -0.15) is 0 Å². The molecule has 44 heavy (non-hydrogen) atoms. The molecule has 5 N–H and O–H groups in total. The molecule has 1 unspecified atom stereocenters. The molecule has 1 atom stereocenters. The number of carbonyl (C=O) groups excluding carboxylic acids is 3. The van der Waals surface area contributed by atoms with Gasteiger partial charge in [-0.3, -0.25) is 14.4 Å². The Kier molecular flexibility index (Phi) is 10.1. The second-order valence-corrected chi connectivity index (χ2v) is 9.60. The van der Waals surface area contributed by atoms with Crippen LogP contribution in [0.15, 0.2) is 71.7 Å². The van der Waals surface area contributed by atoms with E-state index >= 15 is 0 Å². The Morgan fingerprint density at radius 2 is 1.89 bits per heavy atom. The number of carbonyl (C=O) groups is 3. The maximum absolute atomic E-state index is 14.4. The van der Waals surface area contributed by atoms with Crippen molar-refractivity contribution < 1.29 is 37.0 Å². The van der Waals surface area contributed by atoms with Gasteiger partial charge in [-0.15, -0.1) is 0 Å². The number of primary amides is 1. The molecular formula is C30H28F3N5O6. The zero-order chi connectivity index (χ0) is 31.8. The van der Waals surface area contributed by atoms with Crippen LogP contribution in [0.4, 0.5) is 23.7 Å². The van der Waals surface area contributed by atoms with Crippen molar-refractivity contribution in [2.24, 2.45) is 5.73 Å². The van der Waals surface area contributed by atoms with Gasteiger partial charge in [0.05, 0.1) is 19.2 Å². The zero-order valence-corrected chi connectivity index (χ0v) is 23.4. The minimum absolute atomic E-state index is 0.00732. The van der Waals surface area contributed by atoms with Crippen molar-refractivity contribution in [3.8, 4) is 5.75 Å². The fraction of sp³-hybridized carbons (Fsp3) is 0.200. The predicted molar refractivity (Wildman–Crippen MR) is 154 cm³/mol. The summed E-state index contributed by atoms with van der Waals surface area (Å²) in [6, 6.07) is 8.85. The number of hydrogen-bond donors (Lipinski definition) is 4. The van der Waals surface area contributed by atoms with Gasteiger partial charge in [-0.05, 0) is 55.3 Å². The number of fused-ring (bicyclic) bond motifs is 1. The molecule has 0 saturated heterocycles. The first-order valence-electron chi connectivity index (χ1n) is 13.2. The van der Waals surface area contributed by atoms with E-state index in [4.69, 9.17) is 10.5 Å². The molecule has 0 aliphatic heterocycles. The van der Waals surface area contributed by atoms with Crippen LogP contribution >= 0.6 is 0 Å². The minimum Gasteiger partial charge on any atom is -0.486 e. The van der Waals surface area contributed by atoms with E-state index < -0.39 is 47.0 Å². The molecule has 0 bridgehead atoms. The first-order chi connectivity index (χ1) is 21.0. The van der Waals surface area contributed by atoms with Gasteiger partial charge in [0.25, 0.3) is 5.56 Å². The zero-order valence-electron chi connectivity index (χ0n) is 23.4. The van der Waals surface area contributed by atoms with Crippen LogP contribution in [0.25, 0.3) is 10.9 Å². The number of nitrogens with zero attached hydrogens (tertiary/aromatic N) is 1.